The van der Waals surface area contributed by atoms with Crippen LogP contribution < -0.4 is 37.2 Å². The topological polar surface area (TPSA) is 244 Å². The zero-order valence-electron chi connectivity index (χ0n) is 47.3. The number of carbonyl (C=O) groups is 9. The van der Waals surface area contributed by atoms with Crippen LogP contribution in [0.2, 0.25) is 0 Å². The predicted molar refractivity (Wildman–Crippen MR) is 295 cm³/mol. The van der Waals surface area contributed by atoms with Gasteiger partial charge in [-0.15, -0.1) is 0 Å². The first-order valence-electron chi connectivity index (χ1n) is 28.4. The third-order valence-corrected chi connectivity index (χ3v) is 15.5. The van der Waals surface area contributed by atoms with Gasteiger partial charge in [0.15, 0.2) is 0 Å². The maximum absolute atomic E-state index is 14.7. The third-order valence-electron chi connectivity index (χ3n) is 15.5. The molecule has 0 radical (unpaired) electrons. The molecule has 2 aromatic carbocycles. The van der Waals surface area contributed by atoms with Crippen LogP contribution >= 0.6 is 0 Å². The molecule has 0 spiro atoms. The van der Waals surface area contributed by atoms with Crippen molar-refractivity contribution in [3.63, 3.8) is 0 Å². The van der Waals surface area contributed by atoms with Gasteiger partial charge in [-0.3, -0.25) is 43.2 Å². The van der Waals surface area contributed by atoms with E-state index in [0.29, 0.717) is 51.5 Å². The van der Waals surface area contributed by atoms with E-state index < -0.39 is 113 Å². The Labute approximate surface area is 456 Å². The van der Waals surface area contributed by atoms with Gasteiger partial charge in [-0.05, 0) is 92.1 Å². The zero-order chi connectivity index (χ0) is 56.5. The van der Waals surface area contributed by atoms with Gasteiger partial charge >= 0.3 is 0 Å². The highest BCUT2D eigenvalue weighted by atomic mass is 16.2. The molecule has 2 aromatic rings. The molecule has 0 aliphatic carbocycles. The molecule has 9 amide bonds. The number of amides is 9. The van der Waals surface area contributed by atoms with Crippen LogP contribution in [0.4, 0.5) is 0 Å². The normalized spacial score (nSPS) is 27.2. The minimum absolute atomic E-state index is 0.0775. The van der Waals surface area contributed by atoms with Crippen LogP contribution in [-0.4, -0.2) is 130 Å². The average Bonchev–Trinajstić information content (AvgIpc) is 4.10. The van der Waals surface area contributed by atoms with Gasteiger partial charge < -0.3 is 47.0 Å². The lowest BCUT2D eigenvalue weighted by Crippen LogP contribution is -2.62. The van der Waals surface area contributed by atoms with Crippen LogP contribution in [-0.2, 0) is 56.0 Å². The molecule has 0 saturated carbocycles. The Morgan fingerprint density at radius 1 is 0.455 bits per heavy atom. The van der Waals surface area contributed by atoms with Gasteiger partial charge in [0.1, 0.15) is 48.3 Å². The smallest absolute Gasteiger partial charge is 0.246 e. The summed E-state index contributed by atoms with van der Waals surface area (Å²) in [6.07, 6.45) is 3.81. The molecule has 0 aromatic heterocycles. The predicted octanol–water partition coefficient (Wildman–Crippen LogP) is 4.48. The number of hydrogen-bond donors (Lipinski definition) is 7. The van der Waals surface area contributed by atoms with Gasteiger partial charge in [-0.25, -0.2) is 0 Å². The summed E-state index contributed by atoms with van der Waals surface area (Å²) < 4.78 is 0. The molecule has 3 saturated heterocycles. The number of fused-ring (bicyclic) bond motifs is 2. The summed E-state index contributed by atoms with van der Waals surface area (Å²) >= 11 is 0. The quantitative estimate of drug-likeness (QED) is 0.149. The second-order valence-electron chi connectivity index (χ2n) is 23.0. The second kappa shape index (κ2) is 29.4. The molecule has 18 heteroatoms. The molecular weight excluding hydrogens is 979 g/mol. The third kappa shape index (κ3) is 17.6. The molecule has 77 heavy (non-hydrogen) atoms. The summed E-state index contributed by atoms with van der Waals surface area (Å²) in [5.41, 5.74) is 1.68. The Morgan fingerprint density at radius 2 is 0.896 bits per heavy atom. The number of carbonyl (C=O) groups excluding carboxylic acids is 9. The lowest BCUT2D eigenvalue weighted by atomic mass is 9.93. The van der Waals surface area contributed by atoms with Crippen LogP contribution in [0.1, 0.15) is 145 Å². The molecular formula is C59H89N9O9. The van der Waals surface area contributed by atoms with E-state index in [4.69, 9.17) is 0 Å². The maximum atomic E-state index is 14.7. The maximum Gasteiger partial charge on any atom is 0.246 e. The standard InChI is InChI=1S/C59H89N9O9/c1-11-38(9)50-56(74)63-44(32-36(5)6)53(71)64-49(37(7)8)59(77)68-30-20-26-47(68)58(76)67-29-19-25-46(67)55(73)60-42(33-40-21-15-13-16-22-40)27-28-48(69)61-45(34-41-23-17-14-18-24-41)52(70)62-43(31-35(3)4)54(72)65-51(39(10)12-2)57(75)66-50/h13-18,21-24,35-39,42-47,49-51H,11-12,19-20,25-34H2,1-10H3,(H,60,73)(H,61,69)(H,62,70)(H,63,74)(H,64,71)(H,65,72)(H,66,75)/t38-,39-,42?,43-,44?,45-,46+,47-,49-,50-,51-/m0/s1. The summed E-state index contributed by atoms with van der Waals surface area (Å²) in [4.78, 5) is 133. The molecule has 11 atom stereocenters. The minimum Gasteiger partial charge on any atom is -0.351 e. The summed E-state index contributed by atoms with van der Waals surface area (Å²) in [6, 6.07) is 9.79. The first-order valence-corrected chi connectivity index (χ1v) is 28.4. The Morgan fingerprint density at radius 3 is 1.40 bits per heavy atom. The van der Waals surface area contributed by atoms with Gasteiger partial charge in [0, 0.05) is 32.0 Å². The van der Waals surface area contributed by atoms with Crippen LogP contribution in [0.25, 0.3) is 0 Å². The van der Waals surface area contributed by atoms with Crippen molar-refractivity contribution in [2.45, 2.75) is 201 Å². The number of nitrogens with zero attached hydrogens (tertiary/aromatic N) is 2. The molecule has 0 bridgehead atoms. The lowest BCUT2D eigenvalue weighted by Gasteiger charge is -2.35. The highest BCUT2D eigenvalue weighted by Gasteiger charge is 2.45. The molecule has 18 nitrogen and oxygen atoms in total. The first-order chi connectivity index (χ1) is 36.6. The molecule has 2 unspecified atom stereocenters. The van der Waals surface area contributed by atoms with Gasteiger partial charge in [-0.2, -0.15) is 0 Å². The van der Waals surface area contributed by atoms with Crippen molar-refractivity contribution >= 4 is 53.2 Å². The van der Waals surface area contributed by atoms with E-state index in [2.05, 4.69) is 37.2 Å². The Balaban J connectivity index is 1.55. The highest BCUT2D eigenvalue weighted by molar-refractivity contribution is 5.98. The van der Waals surface area contributed by atoms with Gasteiger partial charge in [-0.1, -0.05) is 143 Å². The number of nitrogens with one attached hydrogen (secondary N) is 7. The zero-order valence-corrected chi connectivity index (χ0v) is 47.3. The summed E-state index contributed by atoms with van der Waals surface area (Å²) in [5.74, 6) is -6.09. The molecule has 3 heterocycles. The van der Waals surface area contributed by atoms with Crippen LogP contribution in [0, 0.1) is 29.6 Å². The minimum atomic E-state index is -1.14. The lowest BCUT2D eigenvalue weighted by molar-refractivity contribution is -0.148. The first kappa shape index (κ1) is 61.5. The molecule has 7 N–H and O–H groups in total. The highest BCUT2D eigenvalue weighted by Crippen LogP contribution is 2.27. The fourth-order valence-corrected chi connectivity index (χ4v) is 10.6. The van der Waals surface area contributed by atoms with Crippen molar-refractivity contribution in [3.05, 3.63) is 71.8 Å². The van der Waals surface area contributed by atoms with E-state index in [1.54, 1.807) is 18.7 Å². The SMILES string of the molecule is CC[C@H](C)[C@@H]1NC(=O)[C@H](CC(C)C)NC(=O)[C@H](Cc2ccccc2)NC(=O)CCC(Cc2ccccc2)NC(=O)[C@H]2CCCN2C(=O)[C@@H]2CCCN2C(=O)[C@H](C(C)C)NC(=O)C(CC(C)C)NC(=O)[C@H]([C@@H](C)CC)NC1=O. The summed E-state index contributed by atoms with van der Waals surface area (Å²) in [7, 11) is 0. The van der Waals surface area contributed by atoms with Gasteiger partial charge in [0.25, 0.3) is 0 Å². The molecule has 3 aliphatic rings. The Kier molecular flexibility index (Phi) is 23.5. The van der Waals surface area contributed by atoms with E-state index in [1.165, 1.54) is 4.90 Å². The molecule has 424 valence electrons. The molecule has 3 fully saturated rings. The van der Waals surface area contributed by atoms with Gasteiger partial charge in [0.2, 0.25) is 53.2 Å². The van der Waals surface area contributed by atoms with Crippen LogP contribution in [0.5, 0.6) is 0 Å². The summed E-state index contributed by atoms with van der Waals surface area (Å²) in [6.45, 7) is 19.2. The number of benzene rings is 2. The van der Waals surface area contributed by atoms with E-state index in [0.717, 1.165) is 11.1 Å². The van der Waals surface area contributed by atoms with E-state index in [1.807, 2.05) is 116 Å². The average molecular weight is 1070 g/mol. The van der Waals surface area contributed by atoms with Crippen molar-refractivity contribution in [2.24, 2.45) is 29.6 Å². The van der Waals surface area contributed by atoms with Crippen molar-refractivity contribution in [2.75, 3.05) is 13.1 Å². The fourth-order valence-electron chi connectivity index (χ4n) is 10.6. The van der Waals surface area contributed by atoms with E-state index in [-0.39, 0.29) is 62.3 Å². The van der Waals surface area contributed by atoms with Crippen molar-refractivity contribution in [1.29, 1.82) is 0 Å². The van der Waals surface area contributed by atoms with Crippen molar-refractivity contribution < 1.29 is 43.2 Å². The van der Waals surface area contributed by atoms with E-state index in [9.17, 15) is 43.2 Å². The van der Waals surface area contributed by atoms with Crippen molar-refractivity contribution in [3.8, 4) is 0 Å². The van der Waals surface area contributed by atoms with Crippen molar-refractivity contribution in [1.82, 2.24) is 47.0 Å². The number of rotatable bonds is 13. The Bertz CT molecular complexity index is 2330. The molecule has 3 aliphatic heterocycles. The largest absolute Gasteiger partial charge is 0.351 e. The van der Waals surface area contributed by atoms with Gasteiger partial charge in [0.05, 0.1) is 0 Å². The van der Waals surface area contributed by atoms with E-state index >= 15 is 0 Å². The monoisotopic (exact) mass is 1070 g/mol. The second-order valence-corrected chi connectivity index (χ2v) is 23.0. The molecule has 5 rings (SSSR count). The van der Waals surface area contributed by atoms with Crippen LogP contribution in [0.3, 0.4) is 0 Å². The number of hydrogen-bond acceptors (Lipinski definition) is 9. The van der Waals surface area contributed by atoms with Crippen LogP contribution in [0.15, 0.2) is 60.7 Å². The Hall–Kier alpha value is -6.33. The fraction of sp³-hybridized carbons (Fsp3) is 0.644. The summed E-state index contributed by atoms with van der Waals surface area (Å²) in [5, 5.41) is 20.7.